The summed E-state index contributed by atoms with van der Waals surface area (Å²) < 4.78 is 2.06. The van der Waals surface area contributed by atoms with Crippen molar-refractivity contribution in [3.63, 3.8) is 0 Å². The Bertz CT molecular complexity index is 585. The van der Waals surface area contributed by atoms with Crippen molar-refractivity contribution in [1.82, 2.24) is 0 Å². The molecule has 0 aromatic rings. The van der Waals surface area contributed by atoms with Gasteiger partial charge in [0.2, 0.25) is 0 Å². The van der Waals surface area contributed by atoms with E-state index in [0.29, 0.717) is 0 Å². The second-order valence-electron chi connectivity index (χ2n) is 7.57. The third-order valence-electron chi connectivity index (χ3n) is 4.33. The lowest BCUT2D eigenvalue weighted by Gasteiger charge is -2.66. The highest BCUT2D eigenvalue weighted by molar-refractivity contribution is 8.92. The van der Waals surface area contributed by atoms with Crippen molar-refractivity contribution in [2.75, 3.05) is 0 Å². The van der Waals surface area contributed by atoms with Gasteiger partial charge in [0.1, 0.15) is 20.5 Å². The monoisotopic (exact) mass is 634 g/mol. The Morgan fingerprint density at radius 3 is 0.679 bits per heavy atom. The quantitative estimate of drug-likeness (QED) is 0.270. The summed E-state index contributed by atoms with van der Waals surface area (Å²) >= 11 is 26.4. The van der Waals surface area contributed by atoms with Crippen LogP contribution in [0.4, 0.5) is 0 Å². The third kappa shape index (κ3) is 3.92. The van der Waals surface area contributed by atoms with E-state index in [9.17, 15) is 0 Å². The standard InChI is InChI=1S/C14H18S14/c1-7-15-8(2)17-9(3,16-7)23-13(21-7,22-8)27-28-14-24-10(4)18-11(5,25-14)20-12(6,19-10)26-14/h1-6H3. The molecule has 8 rings (SSSR count). The van der Waals surface area contributed by atoms with E-state index in [2.05, 4.69) is 204 Å². The van der Waals surface area contributed by atoms with Gasteiger partial charge < -0.3 is 0 Å². The van der Waals surface area contributed by atoms with Gasteiger partial charge in [-0.2, -0.15) is 0 Å². The molecular weight excluding hydrogens is 617 g/mol. The molecule has 0 N–H and O–H groups in total. The molecule has 0 atom stereocenters. The van der Waals surface area contributed by atoms with Crippen molar-refractivity contribution in [3.8, 4) is 0 Å². The first-order valence-electron chi connectivity index (χ1n) is 8.47. The summed E-state index contributed by atoms with van der Waals surface area (Å²) in [7, 11) is 4.38. The molecule has 8 bridgehead atoms. The molecule has 158 valence electrons. The van der Waals surface area contributed by atoms with Crippen LogP contribution in [0.2, 0.25) is 0 Å². The van der Waals surface area contributed by atoms with Crippen LogP contribution in [-0.4, -0.2) is 26.0 Å². The van der Waals surface area contributed by atoms with Crippen molar-refractivity contribution in [1.29, 1.82) is 0 Å². The van der Waals surface area contributed by atoms with Crippen molar-refractivity contribution in [2.45, 2.75) is 67.5 Å². The molecule has 0 aromatic carbocycles. The number of hydrogen-bond donors (Lipinski definition) is 0. The zero-order chi connectivity index (χ0) is 19.9. The smallest absolute Gasteiger partial charge is 0.105 e. The second kappa shape index (κ2) is 6.81. The molecule has 0 amide bonds. The summed E-state index contributed by atoms with van der Waals surface area (Å²) in [6.45, 7) is 14.8. The highest BCUT2D eigenvalue weighted by atomic mass is 33.1. The van der Waals surface area contributed by atoms with Crippen LogP contribution in [0.25, 0.3) is 0 Å². The number of rotatable bonds is 3. The predicted octanol–water partition coefficient (Wildman–Crippen LogP) is 10.5. The van der Waals surface area contributed by atoms with E-state index in [1.54, 1.807) is 0 Å². The fraction of sp³-hybridized carbons (Fsp3) is 1.00. The van der Waals surface area contributed by atoms with Gasteiger partial charge in [-0.25, -0.2) is 0 Å². The van der Waals surface area contributed by atoms with Crippen LogP contribution < -0.4 is 0 Å². The third-order valence-corrected chi connectivity index (χ3v) is 31.6. The molecule has 0 spiro atoms. The largest absolute Gasteiger partial charge is 0.169 e. The van der Waals surface area contributed by atoms with Gasteiger partial charge in [0, 0.05) is 0 Å². The molecular formula is C14H18S14. The van der Waals surface area contributed by atoms with Crippen LogP contribution in [0.5, 0.6) is 0 Å². The summed E-state index contributed by atoms with van der Waals surface area (Å²) in [4.78, 5) is 0. The second-order valence-corrected chi connectivity index (χ2v) is 38.7. The van der Waals surface area contributed by atoms with Crippen LogP contribution >= 0.6 is 163 Å². The fourth-order valence-corrected chi connectivity index (χ4v) is 55.2. The average Bonchev–Trinajstić information content (AvgIpc) is 2.34. The molecule has 14 heteroatoms. The van der Waals surface area contributed by atoms with Gasteiger partial charge in [-0.15, -0.1) is 70.6 Å². The maximum absolute atomic E-state index is 2.47. The summed E-state index contributed by atoms with van der Waals surface area (Å²) in [5, 5.41) is 0. The molecule has 8 fully saturated rings. The Labute approximate surface area is 227 Å². The summed E-state index contributed by atoms with van der Waals surface area (Å²) in [6.07, 6.45) is 0. The molecule has 8 aliphatic heterocycles. The first-order chi connectivity index (χ1) is 12.7. The SMILES string of the molecule is CC12SC3(C)SC(C)(S1)SC(SSC14SC5(C)SC(C)(SC(C)(S5)S1)S4)(S2)S3. The normalized spacial score (nSPS) is 66.6. The van der Waals surface area contributed by atoms with E-state index < -0.39 is 0 Å². The highest BCUT2D eigenvalue weighted by Crippen LogP contribution is 2.94. The van der Waals surface area contributed by atoms with Crippen molar-refractivity contribution >= 4 is 163 Å². The zero-order valence-electron chi connectivity index (χ0n) is 15.7. The van der Waals surface area contributed by atoms with E-state index in [1.807, 2.05) is 0 Å². The number of hydrogen-bond acceptors (Lipinski definition) is 14. The van der Waals surface area contributed by atoms with Crippen molar-refractivity contribution < 1.29 is 0 Å². The molecule has 0 unspecified atom stereocenters. The first kappa shape index (κ1) is 23.3. The molecule has 28 heavy (non-hydrogen) atoms. The zero-order valence-corrected chi connectivity index (χ0v) is 27.1. The van der Waals surface area contributed by atoms with E-state index in [4.69, 9.17) is 0 Å². The van der Waals surface area contributed by atoms with Crippen LogP contribution in [0.1, 0.15) is 41.5 Å². The Morgan fingerprint density at radius 1 is 0.321 bits per heavy atom. The van der Waals surface area contributed by atoms with Crippen LogP contribution in [0, 0.1) is 0 Å². The molecule has 8 saturated heterocycles. The summed E-state index contributed by atoms with van der Waals surface area (Å²) in [5.41, 5.74) is 0. The maximum Gasteiger partial charge on any atom is 0.169 e. The first-order valence-corrected chi connectivity index (χ1v) is 20.4. The minimum Gasteiger partial charge on any atom is -0.105 e. The van der Waals surface area contributed by atoms with Gasteiger partial charge in [-0.05, 0) is 41.5 Å². The minimum atomic E-state index is 0.200. The molecule has 8 heterocycles. The lowest BCUT2D eigenvalue weighted by molar-refractivity contribution is 1.14. The molecule has 0 aliphatic carbocycles. The van der Waals surface area contributed by atoms with Crippen molar-refractivity contribution in [2.24, 2.45) is 0 Å². The fourth-order valence-electron chi connectivity index (χ4n) is 4.09. The summed E-state index contributed by atoms with van der Waals surface area (Å²) in [6, 6.07) is 0. The van der Waals surface area contributed by atoms with Crippen LogP contribution in [-0.2, 0) is 0 Å². The summed E-state index contributed by atoms with van der Waals surface area (Å²) in [5.74, 6) is 0. The maximum atomic E-state index is 2.47. The molecule has 0 radical (unpaired) electrons. The number of thioether (sulfide) groups is 12. The minimum absolute atomic E-state index is 0.200. The molecule has 8 aliphatic rings. The average molecular weight is 635 g/mol. The van der Waals surface area contributed by atoms with E-state index in [-0.39, 0.29) is 26.0 Å². The molecule has 0 nitrogen and oxygen atoms in total. The lowest BCUT2D eigenvalue weighted by Crippen LogP contribution is -2.51. The topological polar surface area (TPSA) is 0 Å². The van der Waals surface area contributed by atoms with Gasteiger partial charge in [-0.3, -0.25) is 0 Å². The van der Waals surface area contributed by atoms with Gasteiger partial charge in [-0.1, -0.05) is 92.2 Å². The van der Waals surface area contributed by atoms with Gasteiger partial charge in [0.05, 0.1) is 0 Å². The Hall–Kier alpha value is 4.90. The van der Waals surface area contributed by atoms with Gasteiger partial charge in [0.25, 0.3) is 0 Å². The predicted molar refractivity (Wildman–Crippen MR) is 162 cm³/mol. The Kier molecular flexibility index (Phi) is 5.66. The van der Waals surface area contributed by atoms with Gasteiger partial charge in [0.15, 0.2) is 5.49 Å². The lowest BCUT2D eigenvalue weighted by atomic mass is 10.9. The van der Waals surface area contributed by atoms with E-state index in [1.165, 1.54) is 0 Å². The van der Waals surface area contributed by atoms with Crippen LogP contribution in [0.3, 0.4) is 0 Å². The van der Waals surface area contributed by atoms with Crippen molar-refractivity contribution in [3.05, 3.63) is 0 Å². The Balaban J connectivity index is 1.29. The van der Waals surface area contributed by atoms with Gasteiger partial charge >= 0.3 is 0 Å². The van der Waals surface area contributed by atoms with E-state index >= 15 is 0 Å². The van der Waals surface area contributed by atoms with Crippen LogP contribution in [0.15, 0.2) is 0 Å². The Morgan fingerprint density at radius 2 is 0.500 bits per heavy atom. The highest BCUT2D eigenvalue weighted by Gasteiger charge is 2.72. The molecule has 0 saturated carbocycles. The van der Waals surface area contributed by atoms with E-state index in [0.717, 1.165) is 0 Å². The molecule has 0 aromatic heterocycles.